The van der Waals surface area contributed by atoms with Gasteiger partial charge in [0.15, 0.2) is 6.10 Å². The molecular formula is C46H76NO8P. The first-order valence-electron chi connectivity index (χ1n) is 20.9. The van der Waals surface area contributed by atoms with Crippen LogP contribution in [0.5, 0.6) is 0 Å². The van der Waals surface area contributed by atoms with E-state index >= 15 is 0 Å². The molecule has 0 bridgehead atoms. The van der Waals surface area contributed by atoms with Crippen LogP contribution in [0.25, 0.3) is 0 Å². The van der Waals surface area contributed by atoms with Crippen LogP contribution in [-0.2, 0) is 32.7 Å². The molecule has 318 valence electrons. The third-order valence-electron chi connectivity index (χ3n) is 8.10. The molecule has 2 unspecified atom stereocenters. The Morgan fingerprint density at radius 1 is 0.554 bits per heavy atom. The lowest BCUT2D eigenvalue weighted by molar-refractivity contribution is -0.870. The number of likely N-dealkylation sites (N-methyl/N-ethyl adjacent to an activating group) is 1. The van der Waals surface area contributed by atoms with Gasteiger partial charge in [0, 0.05) is 12.8 Å². The molecule has 0 heterocycles. The summed E-state index contributed by atoms with van der Waals surface area (Å²) in [6.07, 6.45) is 48.7. The number of carbonyl (C=O) groups excluding carboxylic acids is 2. The molecule has 0 aliphatic heterocycles. The lowest BCUT2D eigenvalue weighted by Crippen LogP contribution is -2.37. The SMILES string of the molecule is CC/C=C\C/C=C\C/C=C\C/C=C\C/C=C\CCCCCC(=O)OC(COC(=O)CCCCC/C=C\C/C=C\C/C=C\CC)COP(=O)([O-])OCC[N+](C)(C)C. The summed E-state index contributed by atoms with van der Waals surface area (Å²) in [5.74, 6) is -0.920. The standard InChI is InChI=1S/C46H76NO8P/c1-6-8-10-12-14-16-18-20-21-22-23-24-25-27-29-31-33-35-37-39-46(49)55-44(43-54-56(50,51)53-41-40-47(3,4)5)42-52-45(48)38-36-34-32-30-28-26-19-17-15-13-11-9-7-2/h8-11,14-17,20-21,23-24,26-29,44H,6-7,12-13,18-19,22,25,30-43H2,1-5H3/b10-8-,11-9-,16-14-,17-15-,21-20-,24-23-,28-26-,29-27-. The highest BCUT2D eigenvalue weighted by molar-refractivity contribution is 7.45. The molecule has 0 rings (SSSR count). The third-order valence-corrected chi connectivity index (χ3v) is 9.06. The van der Waals surface area contributed by atoms with Crippen LogP contribution in [0.2, 0.25) is 0 Å². The summed E-state index contributed by atoms with van der Waals surface area (Å²) in [6, 6.07) is 0. The second kappa shape index (κ2) is 37.5. The molecule has 0 amide bonds. The van der Waals surface area contributed by atoms with Gasteiger partial charge in [0.1, 0.15) is 19.8 Å². The lowest BCUT2D eigenvalue weighted by atomic mass is 10.1. The van der Waals surface area contributed by atoms with Crippen molar-refractivity contribution in [1.29, 1.82) is 0 Å². The van der Waals surface area contributed by atoms with Gasteiger partial charge < -0.3 is 27.9 Å². The number of phosphoric acid groups is 1. The van der Waals surface area contributed by atoms with Crippen LogP contribution in [0.3, 0.4) is 0 Å². The fourth-order valence-electron chi connectivity index (χ4n) is 4.87. The fourth-order valence-corrected chi connectivity index (χ4v) is 5.60. The number of ether oxygens (including phenoxy) is 2. The lowest BCUT2D eigenvalue weighted by Gasteiger charge is -2.28. The first kappa shape index (κ1) is 52.9. The van der Waals surface area contributed by atoms with E-state index in [0.717, 1.165) is 89.9 Å². The number of hydrogen-bond donors (Lipinski definition) is 0. The van der Waals surface area contributed by atoms with Crippen LogP contribution >= 0.6 is 7.82 Å². The maximum Gasteiger partial charge on any atom is 0.306 e. The largest absolute Gasteiger partial charge is 0.756 e. The average molecular weight is 802 g/mol. The smallest absolute Gasteiger partial charge is 0.306 e. The van der Waals surface area contributed by atoms with Crippen molar-refractivity contribution >= 4 is 19.8 Å². The van der Waals surface area contributed by atoms with Gasteiger partial charge in [-0.1, -0.05) is 124 Å². The van der Waals surface area contributed by atoms with Crippen molar-refractivity contribution in [3.8, 4) is 0 Å². The van der Waals surface area contributed by atoms with E-state index in [0.29, 0.717) is 23.9 Å². The first-order valence-corrected chi connectivity index (χ1v) is 22.4. The molecule has 0 saturated heterocycles. The Morgan fingerprint density at radius 2 is 0.964 bits per heavy atom. The van der Waals surface area contributed by atoms with Crippen LogP contribution in [0.1, 0.15) is 129 Å². The first-order chi connectivity index (χ1) is 27.0. The molecule has 0 radical (unpaired) electrons. The Morgan fingerprint density at radius 3 is 1.39 bits per heavy atom. The minimum atomic E-state index is -4.65. The zero-order chi connectivity index (χ0) is 41.4. The highest BCUT2D eigenvalue weighted by atomic mass is 31.2. The van der Waals surface area contributed by atoms with Crippen molar-refractivity contribution in [3.05, 3.63) is 97.2 Å². The monoisotopic (exact) mass is 802 g/mol. The number of hydrogen-bond acceptors (Lipinski definition) is 8. The third kappa shape index (κ3) is 40.6. The van der Waals surface area contributed by atoms with Gasteiger partial charge >= 0.3 is 11.9 Å². The van der Waals surface area contributed by atoms with Crippen molar-refractivity contribution in [3.63, 3.8) is 0 Å². The molecule has 0 fully saturated rings. The summed E-state index contributed by atoms with van der Waals surface area (Å²) in [5, 5.41) is 0. The minimum Gasteiger partial charge on any atom is -0.756 e. The van der Waals surface area contributed by atoms with E-state index in [1.807, 2.05) is 21.1 Å². The predicted octanol–water partition coefficient (Wildman–Crippen LogP) is 11.2. The Balaban J connectivity index is 4.52. The number of nitrogens with zero attached hydrogens (tertiary/aromatic N) is 1. The Labute approximate surface area is 341 Å². The van der Waals surface area contributed by atoms with Gasteiger partial charge in [0.25, 0.3) is 7.82 Å². The van der Waals surface area contributed by atoms with Crippen molar-refractivity contribution in [2.24, 2.45) is 0 Å². The Bertz CT molecular complexity index is 1270. The number of allylic oxidation sites excluding steroid dienone is 16. The average Bonchev–Trinajstić information content (AvgIpc) is 3.15. The van der Waals surface area contributed by atoms with Gasteiger partial charge in [-0.15, -0.1) is 0 Å². The molecule has 56 heavy (non-hydrogen) atoms. The number of esters is 2. The number of quaternary nitrogens is 1. The van der Waals surface area contributed by atoms with Crippen molar-refractivity contribution in [2.45, 2.75) is 136 Å². The van der Waals surface area contributed by atoms with Crippen LogP contribution in [0.4, 0.5) is 0 Å². The van der Waals surface area contributed by atoms with E-state index in [9.17, 15) is 19.0 Å². The number of unbranched alkanes of at least 4 members (excludes halogenated alkanes) is 6. The molecule has 0 N–H and O–H groups in total. The van der Waals surface area contributed by atoms with Gasteiger partial charge in [-0.05, 0) is 89.9 Å². The highest BCUT2D eigenvalue weighted by Crippen LogP contribution is 2.38. The molecule has 9 nitrogen and oxygen atoms in total. The van der Waals surface area contributed by atoms with E-state index in [-0.39, 0.29) is 26.1 Å². The summed E-state index contributed by atoms with van der Waals surface area (Å²) in [4.78, 5) is 37.5. The zero-order valence-electron chi connectivity index (χ0n) is 35.5. The highest BCUT2D eigenvalue weighted by Gasteiger charge is 2.21. The maximum absolute atomic E-state index is 12.7. The minimum absolute atomic E-state index is 0.0485. The molecular weight excluding hydrogens is 725 g/mol. The summed E-state index contributed by atoms with van der Waals surface area (Å²) < 4.78 is 33.8. The molecule has 0 aromatic rings. The molecule has 0 aromatic heterocycles. The molecule has 0 aliphatic rings. The molecule has 0 aromatic carbocycles. The summed E-state index contributed by atoms with van der Waals surface area (Å²) in [6.45, 7) is 3.88. The molecule has 0 aliphatic carbocycles. The van der Waals surface area contributed by atoms with Crippen molar-refractivity contribution in [1.82, 2.24) is 0 Å². The number of carbonyl (C=O) groups is 2. The second-order valence-electron chi connectivity index (χ2n) is 14.6. The Hall–Kier alpha value is -3.07. The number of phosphoric ester groups is 1. The number of rotatable bonds is 36. The van der Waals surface area contributed by atoms with Gasteiger partial charge in [-0.2, -0.15) is 0 Å². The topological polar surface area (TPSA) is 111 Å². The van der Waals surface area contributed by atoms with Crippen LogP contribution in [0.15, 0.2) is 97.2 Å². The molecule has 10 heteroatoms. The van der Waals surface area contributed by atoms with Gasteiger partial charge in [-0.25, -0.2) is 0 Å². The summed E-state index contributed by atoms with van der Waals surface area (Å²) in [7, 11) is 1.10. The van der Waals surface area contributed by atoms with E-state index in [1.54, 1.807) is 0 Å². The molecule has 0 saturated carbocycles. The summed E-state index contributed by atoms with van der Waals surface area (Å²) >= 11 is 0. The predicted molar refractivity (Wildman–Crippen MR) is 231 cm³/mol. The van der Waals surface area contributed by atoms with Crippen LogP contribution < -0.4 is 4.89 Å². The summed E-state index contributed by atoms with van der Waals surface area (Å²) in [5.41, 5.74) is 0. The van der Waals surface area contributed by atoms with Gasteiger partial charge in [-0.3, -0.25) is 14.2 Å². The normalized spacial score (nSPS) is 14.6. The van der Waals surface area contributed by atoms with Crippen molar-refractivity contribution < 1.29 is 42.1 Å². The molecule has 0 spiro atoms. The maximum atomic E-state index is 12.7. The Kier molecular flexibility index (Phi) is 35.4. The second-order valence-corrected chi connectivity index (χ2v) is 16.0. The van der Waals surface area contributed by atoms with Crippen LogP contribution in [-0.4, -0.2) is 70.0 Å². The van der Waals surface area contributed by atoms with E-state index in [1.165, 1.54) is 0 Å². The quantitative estimate of drug-likeness (QED) is 0.0202. The fraction of sp³-hybridized carbons (Fsp3) is 0.609. The molecule has 2 atom stereocenters. The van der Waals surface area contributed by atoms with Gasteiger partial charge in [0.05, 0.1) is 27.7 Å². The van der Waals surface area contributed by atoms with E-state index < -0.39 is 32.5 Å². The van der Waals surface area contributed by atoms with Gasteiger partial charge in [0.2, 0.25) is 0 Å². The van der Waals surface area contributed by atoms with E-state index in [2.05, 4.69) is 111 Å². The van der Waals surface area contributed by atoms with Crippen LogP contribution in [0, 0.1) is 0 Å². The zero-order valence-corrected chi connectivity index (χ0v) is 36.4. The van der Waals surface area contributed by atoms with Crippen molar-refractivity contribution in [2.75, 3.05) is 47.5 Å². The van der Waals surface area contributed by atoms with E-state index in [4.69, 9.17) is 18.5 Å².